The Morgan fingerprint density at radius 1 is 1.39 bits per heavy atom. The van der Waals surface area contributed by atoms with Crippen molar-refractivity contribution in [2.24, 2.45) is 0 Å². The molecule has 4 nitrogen and oxygen atoms in total. The van der Waals surface area contributed by atoms with Crippen LogP contribution in [-0.4, -0.2) is 26.4 Å². The first kappa shape index (κ1) is 13.1. The van der Waals surface area contributed by atoms with E-state index in [-0.39, 0.29) is 16.9 Å². The number of thioether (sulfide) groups is 1. The molecule has 0 amide bonds. The van der Waals surface area contributed by atoms with Crippen molar-refractivity contribution in [3.8, 4) is 0 Å². The zero-order valence-corrected chi connectivity index (χ0v) is 11.2. The number of para-hydroxylation sites is 1. The van der Waals surface area contributed by atoms with Gasteiger partial charge in [0.25, 0.3) is 5.56 Å². The Bertz CT molecular complexity index is 595. The smallest absolute Gasteiger partial charge is 0.258 e. The van der Waals surface area contributed by atoms with Gasteiger partial charge in [-0.05, 0) is 19.1 Å². The summed E-state index contributed by atoms with van der Waals surface area (Å²) in [6, 6.07) is 7.28. The van der Waals surface area contributed by atoms with Crippen LogP contribution in [0.25, 0.3) is 10.9 Å². The number of benzene rings is 1. The molecule has 1 aromatic carbocycles. The lowest BCUT2D eigenvalue weighted by Crippen LogP contribution is -2.17. The molecular weight excluding hydrogens is 248 g/mol. The SMILES string of the molecule is CC(O)C(C)SCc1nc2ccccc2c(=O)[nH]1. The molecule has 0 saturated heterocycles. The zero-order chi connectivity index (χ0) is 13.1. The molecule has 0 saturated carbocycles. The number of H-pyrrole nitrogens is 1. The molecule has 0 aliphatic rings. The summed E-state index contributed by atoms with van der Waals surface area (Å²) in [6.45, 7) is 3.71. The van der Waals surface area contributed by atoms with Gasteiger partial charge in [0.05, 0.1) is 22.8 Å². The third-order valence-corrected chi connectivity index (χ3v) is 4.18. The number of hydrogen-bond donors (Lipinski definition) is 2. The third-order valence-electron chi connectivity index (χ3n) is 2.82. The summed E-state index contributed by atoms with van der Waals surface area (Å²) in [7, 11) is 0. The van der Waals surface area contributed by atoms with Gasteiger partial charge in [-0.25, -0.2) is 4.98 Å². The first-order valence-electron chi connectivity index (χ1n) is 5.85. The Hall–Kier alpha value is -1.33. The maximum Gasteiger partial charge on any atom is 0.258 e. The number of aromatic nitrogens is 2. The van der Waals surface area contributed by atoms with Gasteiger partial charge in [0.2, 0.25) is 0 Å². The second-order valence-electron chi connectivity index (χ2n) is 4.29. The monoisotopic (exact) mass is 264 g/mol. The lowest BCUT2D eigenvalue weighted by atomic mass is 10.2. The van der Waals surface area contributed by atoms with Crippen LogP contribution in [0.3, 0.4) is 0 Å². The summed E-state index contributed by atoms with van der Waals surface area (Å²) >= 11 is 1.57. The fourth-order valence-electron chi connectivity index (χ4n) is 1.55. The molecule has 2 rings (SSSR count). The molecular formula is C13H16N2O2S. The van der Waals surface area contributed by atoms with E-state index in [1.165, 1.54) is 0 Å². The average Bonchev–Trinajstić information content (AvgIpc) is 2.36. The van der Waals surface area contributed by atoms with Crippen LogP contribution in [-0.2, 0) is 5.75 Å². The van der Waals surface area contributed by atoms with E-state index >= 15 is 0 Å². The van der Waals surface area contributed by atoms with Crippen molar-refractivity contribution in [1.29, 1.82) is 0 Å². The molecule has 1 aromatic heterocycles. The Balaban J connectivity index is 2.22. The zero-order valence-electron chi connectivity index (χ0n) is 10.4. The van der Waals surface area contributed by atoms with Crippen LogP contribution in [0.1, 0.15) is 19.7 Å². The van der Waals surface area contributed by atoms with Crippen LogP contribution in [0.5, 0.6) is 0 Å². The quantitative estimate of drug-likeness (QED) is 0.885. The van der Waals surface area contributed by atoms with Gasteiger partial charge in [-0.2, -0.15) is 0 Å². The molecule has 0 radical (unpaired) electrons. The van der Waals surface area contributed by atoms with E-state index in [2.05, 4.69) is 9.97 Å². The molecule has 0 spiro atoms. The van der Waals surface area contributed by atoms with Crippen LogP contribution in [0.2, 0.25) is 0 Å². The van der Waals surface area contributed by atoms with Crippen LogP contribution >= 0.6 is 11.8 Å². The van der Waals surface area contributed by atoms with Crippen molar-refractivity contribution in [3.63, 3.8) is 0 Å². The van der Waals surface area contributed by atoms with Crippen molar-refractivity contribution < 1.29 is 5.11 Å². The van der Waals surface area contributed by atoms with E-state index < -0.39 is 0 Å². The highest BCUT2D eigenvalue weighted by atomic mass is 32.2. The van der Waals surface area contributed by atoms with Gasteiger partial charge in [0.1, 0.15) is 5.82 Å². The Labute approximate surface area is 109 Å². The fourth-order valence-corrected chi connectivity index (χ4v) is 2.39. The van der Waals surface area contributed by atoms with Crippen molar-refractivity contribution in [2.75, 3.05) is 0 Å². The first-order chi connectivity index (χ1) is 8.58. The first-order valence-corrected chi connectivity index (χ1v) is 6.90. The molecule has 2 unspecified atom stereocenters. The molecule has 96 valence electrons. The number of aromatic amines is 1. The van der Waals surface area contributed by atoms with Gasteiger partial charge in [0.15, 0.2) is 0 Å². The van der Waals surface area contributed by atoms with Crippen molar-refractivity contribution >= 4 is 22.7 Å². The minimum absolute atomic E-state index is 0.110. The minimum atomic E-state index is -0.373. The van der Waals surface area contributed by atoms with E-state index in [4.69, 9.17) is 0 Å². The molecule has 18 heavy (non-hydrogen) atoms. The maximum atomic E-state index is 11.8. The molecule has 2 aromatic rings. The van der Waals surface area contributed by atoms with Crippen LogP contribution < -0.4 is 5.56 Å². The van der Waals surface area contributed by atoms with Gasteiger partial charge < -0.3 is 10.1 Å². The number of nitrogens with one attached hydrogen (secondary N) is 1. The molecule has 2 N–H and O–H groups in total. The summed E-state index contributed by atoms with van der Waals surface area (Å²) < 4.78 is 0. The topological polar surface area (TPSA) is 66.0 Å². The Morgan fingerprint density at radius 3 is 2.83 bits per heavy atom. The predicted molar refractivity (Wildman–Crippen MR) is 74.8 cm³/mol. The van der Waals surface area contributed by atoms with Gasteiger partial charge in [0, 0.05) is 5.25 Å². The number of nitrogens with zero attached hydrogens (tertiary/aromatic N) is 1. The maximum absolute atomic E-state index is 11.8. The number of hydrogen-bond acceptors (Lipinski definition) is 4. The number of fused-ring (bicyclic) bond motifs is 1. The molecule has 5 heteroatoms. The second kappa shape index (κ2) is 5.54. The highest BCUT2D eigenvalue weighted by molar-refractivity contribution is 7.99. The summed E-state index contributed by atoms with van der Waals surface area (Å²) in [4.78, 5) is 19.0. The molecule has 2 atom stereocenters. The van der Waals surface area contributed by atoms with Crippen molar-refractivity contribution in [3.05, 3.63) is 40.4 Å². The van der Waals surface area contributed by atoms with Crippen LogP contribution in [0.4, 0.5) is 0 Å². The number of aliphatic hydroxyl groups excluding tert-OH is 1. The van der Waals surface area contributed by atoms with Crippen molar-refractivity contribution in [2.45, 2.75) is 31.0 Å². The summed E-state index contributed by atoms with van der Waals surface area (Å²) in [5, 5.41) is 10.1. The molecule has 0 aliphatic carbocycles. The highest BCUT2D eigenvalue weighted by Crippen LogP contribution is 2.18. The summed E-state index contributed by atoms with van der Waals surface area (Å²) in [5.74, 6) is 1.24. The second-order valence-corrected chi connectivity index (χ2v) is 5.65. The van der Waals surface area contributed by atoms with E-state index in [9.17, 15) is 9.90 Å². The van der Waals surface area contributed by atoms with Gasteiger partial charge in [-0.3, -0.25) is 4.79 Å². The van der Waals surface area contributed by atoms with E-state index in [0.29, 0.717) is 22.5 Å². The lowest BCUT2D eigenvalue weighted by molar-refractivity contribution is 0.196. The number of rotatable bonds is 4. The summed E-state index contributed by atoms with van der Waals surface area (Å²) in [6.07, 6.45) is -0.373. The minimum Gasteiger partial charge on any atom is -0.392 e. The van der Waals surface area contributed by atoms with Gasteiger partial charge in [-0.15, -0.1) is 11.8 Å². The van der Waals surface area contributed by atoms with Crippen LogP contribution in [0.15, 0.2) is 29.1 Å². The Kier molecular flexibility index (Phi) is 4.04. The van der Waals surface area contributed by atoms with Gasteiger partial charge >= 0.3 is 0 Å². The largest absolute Gasteiger partial charge is 0.392 e. The predicted octanol–water partition coefficient (Wildman–Crippen LogP) is 1.93. The van der Waals surface area contributed by atoms with E-state index in [1.54, 1.807) is 24.8 Å². The van der Waals surface area contributed by atoms with Crippen molar-refractivity contribution in [1.82, 2.24) is 9.97 Å². The van der Waals surface area contributed by atoms with E-state index in [0.717, 1.165) is 0 Å². The normalized spacial score (nSPS) is 14.6. The highest BCUT2D eigenvalue weighted by Gasteiger charge is 2.10. The number of aliphatic hydroxyl groups is 1. The Morgan fingerprint density at radius 2 is 2.11 bits per heavy atom. The molecule has 1 heterocycles. The lowest BCUT2D eigenvalue weighted by Gasteiger charge is -2.13. The molecule has 0 bridgehead atoms. The van der Waals surface area contributed by atoms with Crippen LogP contribution in [0, 0.1) is 0 Å². The third kappa shape index (κ3) is 2.91. The molecule has 0 aliphatic heterocycles. The standard InChI is InChI=1S/C13H16N2O2S/c1-8(16)9(2)18-7-12-14-11-6-4-3-5-10(11)13(17)15-12/h3-6,8-9,16H,7H2,1-2H3,(H,14,15,17). The summed E-state index contributed by atoms with van der Waals surface area (Å²) in [5.41, 5.74) is 0.599. The average molecular weight is 264 g/mol. The van der Waals surface area contributed by atoms with Gasteiger partial charge in [-0.1, -0.05) is 19.1 Å². The fraction of sp³-hybridized carbons (Fsp3) is 0.385. The molecule has 0 fully saturated rings. The van der Waals surface area contributed by atoms with E-state index in [1.807, 2.05) is 25.1 Å².